The summed E-state index contributed by atoms with van der Waals surface area (Å²) in [6.07, 6.45) is 0. The van der Waals surface area contributed by atoms with E-state index in [9.17, 15) is 0 Å². The number of fused-ring (bicyclic) bond motifs is 10. The molecule has 0 aliphatic carbocycles. The fraction of sp³-hybridized carbons (Fsp3) is 0.0667. The Balaban J connectivity index is 1.32. The third kappa shape index (κ3) is 3.85. The van der Waals surface area contributed by atoms with Crippen molar-refractivity contribution in [3.8, 4) is 0 Å². The van der Waals surface area contributed by atoms with Crippen molar-refractivity contribution in [2.24, 2.45) is 0 Å². The van der Waals surface area contributed by atoms with Crippen molar-refractivity contribution in [2.75, 3.05) is 9.80 Å². The first-order valence-electron chi connectivity index (χ1n) is 17.5. The van der Waals surface area contributed by atoms with E-state index in [0.29, 0.717) is 22.8 Å². The summed E-state index contributed by atoms with van der Waals surface area (Å²) in [7, 11) is 0. The smallest absolute Gasteiger partial charge is 0.257 e. The van der Waals surface area contributed by atoms with E-state index in [-0.39, 0.29) is 18.3 Å². The molecule has 0 radical (unpaired) electrons. The average molecular weight is 679 g/mol. The van der Waals surface area contributed by atoms with Gasteiger partial charge in [-0.25, -0.2) is 8.78 Å². The van der Waals surface area contributed by atoms with Crippen LogP contribution in [0.1, 0.15) is 16.7 Å². The fourth-order valence-electron chi connectivity index (χ4n) is 8.83. The van der Waals surface area contributed by atoms with Gasteiger partial charge in [-0.05, 0) is 102 Å². The minimum atomic E-state index is -0.350. The van der Waals surface area contributed by atoms with E-state index in [0.717, 1.165) is 88.2 Å². The van der Waals surface area contributed by atoms with Crippen LogP contribution in [-0.2, 0) is 0 Å². The molecule has 0 saturated heterocycles. The highest BCUT2D eigenvalue weighted by molar-refractivity contribution is 7.01. The lowest BCUT2D eigenvalue weighted by molar-refractivity contribution is 0.605. The Bertz CT molecular complexity index is 2980. The van der Waals surface area contributed by atoms with Gasteiger partial charge in [-0.15, -0.1) is 0 Å². The zero-order valence-corrected chi connectivity index (χ0v) is 28.6. The summed E-state index contributed by atoms with van der Waals surface area (Å²) in [4.78, 5) is 3.99. The highest BCUT2D eigenvalue weighted by Crippen LogP contribution is 2.49. The summed E-state index contributed by atoms with van der Waals surface area (Å²) in [6, 6.07) is 39.4. The van der Waals surface area contributed by atoms with Crippen LogP contribution in [0.15, 0.2) is 130 Å². The molecule has 2 aliphatic rings. The number of hydrogen-bond acceptors (Lipinski definition) is 4. The number of aryl methyl sites for hydroxylation is 3. The average Bonchev–Trinajstić information content (AvgIpc) is 3.68. The molecule has 0 fully saturated rings. The molecule has 9 aromatic rings. The van der Waals surface area contributed by atoms with Crippen molar-refractivity contribution in [2.45, 2.75) is 20.8 Å². The van der Waals surface area contributed by atoms with E-state index in [1.54, 1.807) is 12.1 Å². The van der Waals surface area contributed by atoms with Crippen LogP contribution in [0.25, 0.3) is 43.7 Å². The van der Waals surface area contributed by atoms with Gasteiger partial charge in [0.1, 0.15) is 28.4 Å². The lowest BCUT2D eigenvalue weighted by atomic mass is 9.33. The maximum atomic E-state index is 16.4. The second-order valence-corrected chi connectivity index (χ2v) is 14.2. The Morgan fingerprint density at radius 1 is 0.500 bits per heavy atom. The third-order valence-corrected chi connectivity index (χ3v) is 11.0. The Morgan fingerprint density at radius 2 is 1.12 bits per heavy atom. The lowest BCUT2D eigenvalue weighted by Gasteiger charge is -2.43. The zero-order valence-electron chi connectivity index (χ0n) is 28.6. The third-order valence-electron chi connectivity index (χ3n) is 11.0. The maximum absolute atomic E-state index is 16.4. The van der Waals surface area contributed by atoms with E-state index < -0.39 is 0 Å². The molecule has 0 amide bonds. The van der Waals surface area contributed by atoms with Gasteiger partial charge in [0.15, 0.2) is 0 Å². The molecule has 0 bridgehead atoms. The van der Waals surface area contributed by atoms with E-state index in [1.807, 2.05) is 73.0 Å². The van der Waals surface area contributed by atoms with Crippen LogP contribution in [0, 0.1) is 32.4 Å². The van der Waals surface area contributed by atoms with Crippen molar-refractivity contribution in [1.29, 1.82) is 0 Å². The van der Waals surface area contributed by atoms with Crippen molar-refractivity contribution >= 4 is 101 Å². The summed E-state index contributed by atoms with van der Waals surface area (Å²) in [5.41, 5.74) is 11.0. The number of halogens is 2. The van der Waals surface area contributed by atoms with Crippen molar-refractivity contribution in [3.05, 3.63) is 150 Å². The van der Waals surface area contributed by atoms with E-state index in [1.165, 1.54) is 12.1 Å². The molecule has 0 unspecified atom stereocenters. The molecule has 0 spiro atoms. The Kier molecular flexibility index (Phi) is 5.86. The fourth-order valence-corrected chi connectivity index (χ4v) is 8.83. The van der Waals surface area contributed by atoms with Gasteiger partial charge in [-0.3, -0.25) is 4.90 Å². The predicted molar refractivity (Wildman–Crippen MR) is 209 cm³/mol. The van der Waals surface area contributed by atoms with Gasteiger partial charge in [0.2, 0.25) is 5.88 Å². The van der Waals surface area contributed by atoms with Crippen LogP contribution >= 0.6 is 0 Å². The molecule has 11 rings (SSSR count). The topological polar surface area (TPSA) is 32.8 Å². The first-order chi connectivity index (χ1) is 25.4. The number of para-hydroxylation sites is 3. The number of nitrogens with zero attached hydrogens (tertiary/aromatic N) is 2. The standard InChI is InChI=1S/C45H29BF2N2O2/c1-24-18-36-42-37(19-24)50(44-26(3)11-9-16-34(44)48)45-41(29-14-6-7-17-38(29)52-45)46(42)32-22-31-30-20-27-12-4-5-13-28(27)21-39(30)51-40(31)23-35(32)49(36)43-25(2)10-8-15-33(43)47/h4-23H,1-3H3. The van der Waals surface area contributed by atoms with Crippen LogP contribution in [-0.4, -0.2) is 6.71 Å². The Morgan fingerprint density at radius 3 is 1.85 bits per heavy atom. The second kappa shape index (κ2) is 10.4. The van der Waals surface area contributed by atoms with E-state index >= 15 is 8.78 Å². The Labute approximate surface area is 298 Å². The molecule has 4 heterocycles. The van der Waals surface area contributed by atoms with Crippen LogP contribution in [0.3, 0.4) is 0 Å². The van der Waals surface area contributed by atoms with Gasteiger partial charge in [-0.1, -0.05) is 72.8 Å². The highest BCUT2D eigenvalue weighted by atomic mass is 19.1. The van der Waals surface area contributed by atoms with E-state index in [4.69, 9.17) is 8.83 Å². The number of rotatable bonds is 2. The minimum absolute atomic E-state index is 0.319. The molecule has 0 N–H and O–H groups in total. The molecule has 0 saturated carbocycles. The molecule has 2 aliphatic heterocycles. The highest BCUT2D eigenvalue weighted by Gasteiger charge is 2.47. The van der Waals surface area contributed by atoms with Gasteiger partial charge >= 0.3 is 0 Å². The summed E-state index contributed by atoms with van der Waals surface area (Å²) < 4.78 is 46.0. The summed E-state index contributed by atoms with van der Waals surface area (Å²) in [5.74, 6) is -0.104. The first-order valence-corrected chi connectivity index (χ1v) is 17.5. The summed E-state index contributed by atoms with van der Waals surface area (Å²) in [5, 5.41) is 5.16. The van der Waals surface area contributed by atoms with E-state index in [2.05, 4.69) is 54.6 Å². The van der Waals surface area contributed by atoms with Crippen molar-refractivity contribution in [1.82, 2.24) is 0 Å². The number of furan rings is 2. The predicted octanol–water partition coefficient (Wildman–Crippen LogP) is 10.8. The van der Waals surface area contributed by atoms with Crippen LogP contribution < -0.4 is 26.2 Å². The van der Waals surface area contributed by atoms with Crippen molar-refractivity contribution in [3.63, 3.8) is 0 Å². The molecule has 0 atom stereocenters. The normalized spacial score (nSPS) is 13.4. The number of anilines is 6. The maximum Gasteiger partial charge on any atom is 0.257 e. The van der Waals surface area contributed by atoms with Gasteiger partial charge < -0.3 is 13.7 Å². The number of hydrogen-bond donors (Lipinski definition) is 0. The molecule has 7 heteroatoms. The van der Waals surface area contributed by atoms with Gasteiger partial charge in [0.05, 0.1) is 11.4 Å². The summed E-state index contributed by atoms with van der Waals surface area (Å²) in [6.45, 7) is 5.57. The van der Waals surface area contributed by atoms with Crippen LogP contribution in [0.4, 0.5) is 43.1 Å². The lowest BCUT2D eigenvalue weighted by Crippen LogP contribution is -2.61. The Hall–Kier alpha value is -6.34. The second-order valence-electron chi connectivity index (χ2n) is 14.2. The van der Waals surface area contributed by atoms with Crippen molar-refractivity contribution < 1.29 is 17.6 Å². The molecule has 248 valence electrons. The molecular weight excluding hydrogens is 649 g/mol. The van der Waals surface area contributed by atoms with Crippen LogP contribution in [0.2, 0.25) is 0 Å². The molecular formula is C45H29BF2N2O2. The van der Waals surface area contributed by atoms with Gasteiger partial charge in [-0.2, -0.15) is 0 Å². The quantitative estimate of drug-likeness (QED) is 0.170. The first kappa shape index (κ1) is 29.4. The minimum Gasteiger partial charge on any atom is -0.456 e. The SMILES string of the molecule is Cc1cc2c3c(c1)N(c1c(C)cccc1F)c1oc4ccccc4c1B3c1cc3c(cc1N2c1c(C)cccc1F)oc1cc2ccccc2cc13. The molecule has 2 aromatic heterocycles. The summed E-state index contributed by atoms with van der Waals surface area (Å²) >= 11 is 0. The zero-order chi connectivity index (χ0) is 35.0. The number of benzene rings is 7. The molecule has 52 heavy (non-hydrogen) atoms. The van der Waals surface area contributed by atoms with Gasteiger partial charge in [0, 0.05) is 44.8 Å². The molecule has 4 nitrogen and oxygen atoms in total. The molecule has 7 aromatic carbocycles. The largest absolute Gasteiger partial charge is 0.456 e. The monoisotopic (exact) mass is 678 g/mol. The van der Waals surface area contributed by atoms with Gasteiger partial charge in [0.25, 0.3) is 6.71 Å². The van der Waals surface area contributed by atoms with Crippen LogP contribution in [0.5, 0.6) is 0 Å².